The van der Waals surface area contributed by atoms with Crippen LogP contribution in [0, 0.1) is 0 Å². The highest BCUT2D eigenvalue weighted by Gasteiger charge is 2.17. The summed E-state index contributed by atoms with van der Waals surface area (Å²) in [6, 6.07) is 12.2. The van der Waals surface area contributed by atoms with Gasteiger partial charge in [-0.1, -0.05) is 35.5 Å². The second-order valence-corrected chi connectivity index (χ2v) is 6.57. The number of imidazole rings is 1. The molecule has 0 radical (unpaired) electrons. The van der Waals surface area contributed by atoms with Gasteiger partial charge < -0.3 is 14.4 Å². The fraction of sp³-hybridized carbons (Fsp3) is 0.263. The first kappa shape index (κ1) is 18.4. The Morgan fingerprint density at radius 1 is 1.18 bits per heavy atom. The van der Waals surface area contributed by atoms with Crippen LogP contribution >= 0.6 is 12.4 Å². The number of nitrogens with zero attached hydrogens (tertiary/aromatic N) is 6. The summed E-state index contributed by atoms with van der Waals surface area (Å²) in [5.41, 5.74) is 3.19. The average molecular weight is 398 g/mol. The third-order valence-electron chi connectivity index (χ3n) is 4.63. The zero-order chi connectivity index (χ0) is 18.1. The molecule has 0 bridgehead atoms. The van der Waals surface area contributed by atoms with Gasteiger partial charge in [-0.2, -0.15) is 10.1 Å². The van der Waals surface area contributed by atoms with E-state index in [1.807, 2.05) is 45.8 Å². The lowest BCUT2D eigenvalue weighted by Gasteiger charge is -2.13. The number of rotatable bonds is 5. The van der Waals surface area contributed by atoms with Crippen molar-refractivity contribution < 1.29 is 4.52 Å². The first-order valence-electron chi connectivity index (χ1n) is 8.99. The molecule has 28 heavy (non-hydrogen) atoms. The topological polar surface area (TPSA) is 86.6 Å². The molecule has 0 saturated heterocycles. The van der Waals surface area contributed by atoms with E-state index >= 15 is 0 Å². The van der Waals surface area contributed by atoms with Crippen molar-refractivity contribution in [2.75, 3.05) is 6.54 Å². The molecule has 1 N–H and O–H groups in total. The maximum atomic E-state index is 5.41. The highest BCUT2D eigenvalue weighted by atomic mass is 35.5. The van der Waals surface area contributed by atoms with Gasteiger partial charge in [0.05, 0.1) is 25.2 Å². The number of hydrogen-bond acceptors (Lipinski definition) is 6. The lowest BCUT2D eigenvalue weighted by molar-refractivity contribution is 0.378. The standard InChI is InChI=1S/C19H19N7O.ClH/c1-2-4-14(5-3-1)10-18-22-17(24-27-18)13-25-8-7-21-19(25)16-11-15-12-20-6-9-26(15)23-16;/h1-5,7-8,11,20H,6,9-10,12-13H2;1H. The molecule has 0 spiro atoms. The van der Waals surface area contributed by atoms with Crippen molar-refractivity contribution in [1.29, 1.82) is 0 Å². The maximum Gasteiger partial charge on any atom is 0.231 e. The second-order valence-electron chi connectivity index (χ2n) is 6.57. The Labute approximate surface area is 168 Å². The van der Waals surface area contributed by atoms with Crippen molar-refractivity contribution in [3.63, 3.8) is 0 Å². The molecule has 9 heteroatoms. The molecule has 0 atom stereocenters. The van der Waals surface area contributed by atoms with Gasteiger partial charge in [-0.3, -0.25) is 4.68 Å². The van der Waals surface area contributed by atoms with Gasteiger partial charge in [0.1, 0.15) is 5.69 Å². The summed E-state index contributed by atoms with van der Waals surface area (Å²) in [6.45, 7) is 3.15. The molecule has 1 aliphatic heterocycles. The molecule has 8 nitrogen and oxygen atoms in total. The summed E-state index contributed by atoms with van der Waals surface area (Å²) in [5, 5.41) is 12.2. The first-order valence-corrected chi connectivity index (χ1v) is 8.99. The number of hydrogen-bond donors (Lipinski definition) is 1. The smallest absolute Gasteiger partial charge is 0.231 e. The van der Waals surface area contributed by atoms with Gasteiger partial charge in [0.25, 0.3) is 0 Å². The largest absolute Gasteiger partial charge is 0.339 e. The minimum atomic E-state index is 0. The number of halogens is 1. The highest BCUT2D eigenvalue weighted by molar-refractivity contribution is 5.85. The van der Waals surface area contributed by atoms with Crippen molar-refractivity contribution in [3.8, 4) is 11.5 Å². The van der Waals surface area contributed by atoms with Crippen LogP contribution < -0.4 is 5.32 Å². The Balaban J connectivity index is 0.00000192. The van der Waals surface area contributed by atoms with Crippen molar-refractivity contribution >= 4 is 12.4 Å². The van der Waals surface area contributed by atoms with E-state index in [1.165, 1.54) is 5.69 Å². The molecular weight excluding hydrogens is 378 g/mol. The predicted molar refractivity (Wildman–Crippen MR) is 105 cm³/mol. The number of fused-ring (bicyclic) bond motifs is 1. The Hall–Kier alpha value is -2.97. The van der Waals surface area contributed by atoms with Crippen LogP contribution in [0.4, 0.5) is 0 Å². The van der Waals surface area contributed by atoms with Crippen LogP contribution in [-0.2, 0) is 26.1 Å². The fourth-order valence-electron chi connectivity index (χ4n) is 3.32. The number of nitrogens with one attached hydrogen (secondary N) is 1. The zero-order valence-corrected chi connectivity index (χ0v) is 16.0. The normalized spacial score (nSPS) is 13.1. The van der Waals surface area contributed by atoms with Crippen LogP contribution in [-0.4, -0.2) is 36.0 Å². The minimum Gasteiger partial charge on any atom is -0.339 e. The van der Waals surface area contributed by atoms with Gasteiger partial charge in [-0.15, -0.1) is 12.4 Å². The summed E-state index contributed by atoms with van der Waals surface area (Å²) in [5.74, 6) is 2.05. The Bertz CT molecular complexity index is 1030. The molecule has 4 aromatic rings. The molecule has 4 heterocycles. The van der Waals surface area contributed by atoms with Crippen molar-refractivity contribution in [2.45, 2.75) is 26.1 Å². The van der Waals surface area contributed by atoms with E-state index in [9.17, 15) is 0 Å². The van der Waals surface area contributed by atoms with Gasteiger partial charge >= 0.3 is 0 Å². The van der Waals surface area contributed by atoms with Crippen LogP contribution in [0.5, 0.6) is 0 Å². The molecule has 5 rings (SSSR count). The molecule has 0 unspecified atom stereocenters. The van der Waals surface area contributed by atoms with E-state index in [-0.39, 0.29) is 12.4 Å². The van der Waals surface area contributed by atoms with E-state index < -0.39 is 0 Å². The lowest BCUT2D eigenvalue weighted by atomic mass is 10.1. The van der Waals surface area contributed by atoms with E-state index in [1.54, 1.807) is 6.20 Å². The van der Waals surface area contributed by atoms with E-state index in [2.05, 4.69) is 31.6 Å². The summed E-state index contributed by atoms with van der Waals surface area (Å²) in [4.78, 5) is 9.00. The Kier molecular flexibility index (Phi) is 5.23. The van der Waals surface area contributed by atoms with Gasteiger partial charge in [0, 0.05) is 25.5 Å². The Morgan fingerprint density at radius 3 is 2.93 bits per heavy atom. The van der Waals surface area contributed by atoms with E-state index in [0.717, 1.165) is 36.7 Å². The van der Waals surface area contributed by atoms with E-state index in [4.69, 9.17) is 4.52 Å². The minimum absolute atomic E-state index is 0. The molecule has 0 amide bonds. The number of aromatic nitrogens is 6. The number of benzene rings is 1. The van der Waals surface area contributed by atoms with Gasteiger partial charge in [-0.25, -0.2) is 4.98 Å². The third kappa shape index (κ3) is 3.69. The van der Waals surface area contributed by atoms with Crippen molar-refractivity contribution in [3.05, 3.63) is 71.8 Å². The average Bonchev–Trinajstić information content (AvgIpc) is 3.42. The highest BCUT2D eigenvalue weighted by Crippen LogP contribution is 2.19. The van der Waals surface area contributed by atoms with Gasteiger partial charge in [-0.05, 0) is 11.6 Å². The predicted octanol–water partition coefficient (Wildman–Crippen LogP) is 2.29. The molecule has 1 aliphatic rings. The summed E-state index contributed by atoms with van der Waals surface area (Å²) >= 11 is 0. The zero-order valence-electron chi connectivity index (χ0n) is 15.2. The SMILES string of the molecule is Cl.c1ccc(Cc2nc(Cn3ccnc3-c3cc4n(n3)CCNC4)no2)cc1. The molecule has 0 saturated carbocycles. The molecule has 0 aliphatic carbocycles. The molecular formula is C19H20ClN7O. The Morgan fingerprint density at radius 2 is 2.07 bits per heavy atom. The maximum absolute atomic E-state index is 5.41. The van der Waals surface area contributed by atoms with Crippen molar-refractivity contribution in [1.82, 2.24) is 34.8 Å². The summed E-state index contributed by atoms with van der Waals surface area (Å²) in [7, 11) is 0. The van der Waals surface area contributed by atoms with Crippen LogP contribution in [0.15, 0.2) is 53.3 Å². The summed E-state index contributed by atoms with van der Waals surface area (Å²) < 4.78 is 9.44. The van der Waals surface area contributed by atoms with Crippen LogP contribution in [0.1, 0.15) is 23.0 Å². The first-order chi connectivity index (χ1) is 13.3. The van der Waals surface area contributed by atoms with Crippen LogP contribution in [0.2, 0.25) is 0 Å². The van der Waals surface area contributed by atoms with Crippen LogP contribution in [0.3, 0.4) is 0 Å². The van der Waals surface area contributed by atoms with Gasteiger partial charge in [0.15, 0.2) is 11.6 Å². The lowest BCUT2D eigenvalue weighted by Crippen LogP contribution is -2.28. The molecule has 1 aromatic carbocycles. The quantitative estimate of drug-likeness (QED) is 0.556. The molecule has 0 fully saturated rings. The molecule has 144 valence electrons. The van der Waals surface area contributed by atoms with Crippen molar-refractivity contribution in [2.24, 2.45) is 0 Å². The summed E-state index contributed by atoms with van der Waals surface area (Å²) in [6.07, 6.45) is 4.32. The van der Waals surface area contributed by atoms with Crippen LogP contribution in [0.25, 0.3) is 11.5 Å². The van der Waals surface area contributed by atoms with Gasteiger partial charge in [0.2, 0.25) is 5.89 Å². The fourth-order valence-corrected chi connectivity index (χ4v) is 3.32. The third-order valence-corrected chi connectivity index (χ3v) is 4.63. The second kappa shape index (κ2) is 7.95. The monoisotopic (exact) mass is 397 g/mol. The molecule has 3 aromatic heterocycles. The van der Waals surface area contributed by atoms with E-state index in [0.29, 0.717) is 24.7 Å².